The molecule has 1 heterocycles. The second-order valence-corrected chi connectivity index (χ2v) is 6.13. The molecule has 3 rings (SSSR count). The number of phenolic OH excluding ortho intramolecular Hbond substituents is 1. The third kappa shape index (κ3) is 4.83. The van der Waals surface area contributed by atoms with E-state index in [2.05, 4.69) is 20.8 Å². The SMILES string of the molecule is CCOC(=O)c1cccc(Nc2n[nH]c(NCc3ccc(O)cc3)c2C(N)=O)c1. The zero-order valence-electron chi connectivity index (χ0n) is 15.7. The maximum absolute atomic E-state index is 12.0. The minimum absolute atomic E-state index is 0.158. The second kappa shape index (κ2) is 8.79. The van der Waals surface area contributed by atoms with Crippen LogP contribution in [-0.2, 0) is 11.3 Å². The predicted octanol–water partition coefficient (Wildman–Crippen LogP) is 2.75. The average molecular weight is 395 g/mol. The minimum atomic E-state index is -0.670. The van der Waals surface area contributed by atoms with E-state index in [4.69, 9.17) is 10.5 Å². The molecule has 0 bridgehead atoms. The smallest absolute Gasteiger partial charge is 0.338 e. The molecule has 0 saturated carbocycles. The first-order chi connectivity index (χ1) is 14.0. The zero-order chi connectivity index (χ0) is 20.8. The number of nitrogens with one attached hydrogen (secondary N) is 3. The van der Waals surface area contributed by atoms with E-state index in [1.54, 1.807) is 55.5 Å². The van der Waals surface area contributed by atoms with Gasteiger partial charge < -0.3 is 26.2 Å². The van der Waals surface area contributed by atoms with E-state index in [-0.39, 0.29) is 23.7 Å². The number of ether oxygens (including phenoxy) is 1. The molecule has 0 radical (unpaired) electrons. The first-order valence-corrected chi connectivity index (χ1v) is 8.92. The summed E-state index contributed by atoms with van der Waals surface area (Å²) in [7, 11) is 0. The van der Waals surface area contributed by atoms with Crippen molar-refractivity contribution in [3.63, 3.8) is 0 Å². The molecule has 9 heteroatoms. The Morgan fingerprint density at radius 1 is 1.21 bits per heavy atom. The first kappa shape index (κ1) is 19.7. The van der Waals surface area contributed by atoms with Crippen molar-refractivity contribution in [2.75, 3.05) is 17.2 Å². The fourth-order valence-electron chi connectivity index (χ4n) is 2.68. The number of anilines is 3. The van der Waals surface area contributed by atoms with Crippen LogP contribution < -0.4 is 16.4 Å². The van der Waals surface area contributed by atoms with Crippen LogP contribution in [0, 0.1) is 0 Å². The Balaban J connectivity index is 1.78. The maximum Gasteiger partial charge on any atom is 0.338 e. The quantitative estimate of drug-likeness (QED) is 0.369. The standard InChI is InChI=1S/C20H21N5O4/c1-2-29-20(28)13-4-3-5-14(10-13)23-19-16(17(21)27)18(24-25-19)22-11-12-6-8-15(26)9-7-12/h3-10,26H,2,11H2,1H3,(H2,21,27)(H3,22,23,24,25). The number of primary amides is 1. The molecule has 0 aliphatic heterocycles. The number of rotatable bonds is 8. The van der Waals surface area contributed by atoms with Gasteiger partial charge in [-0.1, -0.05) is 18.2 Å². The lowest BCUT2D eigenvalue weighted by atomic mass is 10.2. The van der Waals surface area contributed by atoms with Gasteiger partial charge in [-0.25, -0.2) is 4.79 Å². The number of nitrogens with two attached hydrogens (primary N) is 1. The van der Waals surface area contributed by atoms with Crippen LogP contribution in [0.5, 0.6) is 5.75 Å². The number of benzene rings is 2. The van der Waals surface area contributed by atoms with Gasteiger partial charge in [-0.15, -0.1) is 0 Å². The molecule has 0 spiro atoms. The Morgan fingerprint density at radius 2 is 1.97 bits per heavy atom. The number of phenols is 1. The van der Waals surface area contributed by atoms with Crippen molar-refractivity contribution in [2.45, 2.75) is 13.5 Å². The largest absolute Gasteiger partial charge is 0.508 e. The van der Waals surface area contributed by atoms with Crippen LogP contribution in [0.2, 0.25) is 0 Å². The number of aromatic hydroxyl groups is 1. The molecule has 0 aliphatic carbocycles. The monoisotopic (exact) mass is 395 g/mol. The summed E-state index contributed by atoms with van der Waals surface area (Å²) in [6.45, 7) is 2.40. The zero-order valence-corrected chi connectivity index (χ0v) is 15.7. The Hall–Kier alpha value is -4.01. The predicted molar refractivity (Wildman–Crippen MR) is 108 cm³/mol. The van der Waals surface area contributed by atoms with E-state index in [9.17, 15) is 14.7 Å². The summed E-state index contributed by atoms with van der Waals surface area (Å²) in [5.74, 6) is -0.355. The molecule has 6 N–H and O–H groups in total. The summed E-state index contributed by atoms with van der Waals surface area (Å²) in [4.78, 5) is 23.9. The van der Waals surface area contributed by atoms with E-state index in [0.717, 1.165) is 5.56 Å². The van der Waals surface area contributed by atoms with Gasteiger partial charge in [0.15, 0.2) is 5.82 Å². The Kier molecular flexibility index (Phi) is 5.98. The van der Waals surface area contributed by atoms with Crippen LogP contribution in [0.4, 0.5) is 17.3 Å². The molecule has 0 fully saturated rings. The highest BCUT2D eigenvalue weighted by Gasteiger charge is 2.19. The van der Waals surface area contributed by atoms with Crippen molar-refractivity contribution in [3.05, 3.63) is 65.2 Å². The van der Waals surface area contributed by atoms with Crippen molar-refractivity contribution < 1.29 is 19.4 Å². The molecule has 1 amide bonds. The summed E-state index contributed by atoms with van der Waals surface area (Å²) in [5.41, 5.74) is 7.51. The molecular weight excluding hydrogens is 374 g/mol. The van der Waals surface area contributed by atoms with Crippen LogP contribution in [0.25, 0.3) is 0 Å². The number of nitrogens with zero attached hydrogens (tertiary/aromatic N) is 1. The summed E-state index contributed by atoms with van der Waals surface area (Å²) in [5, 5.41) is 22.3. The van der Waals surface area contributed by atoms with Gasteiger partial charge in [0.1, 0.15) is 17.1 Å². The lowest BCUT2D eigenvalue weighted by molar-refractivity contribution is 0.0526. The first-order valence-electron chi connectivity index (χ1n) is 8.92. The number of amides is 1. The summed E-state index contributed by atoms with van der Waals surface area (Å²) >= 11 is 0. The van der Waals surface area contributed by atoms with E-state index in [1.807, 2.05) is 0 Å². The molecule has 0 atom stereocenters. The van der Waals surface area contributed by atoms with Gasteiger partial charge in [0, 0.05) is 12.2 Å². The van der Waals surface area contributed by atoms with Gasteiger partial charge >= 0.3 is 5.97 Å². The molecule has 29 heavy (non-hydrogen) atoms. The van der Waals surface area contributed by atoms with E-state index < -0.39 is 11.9 Å². The topological polar surface area (TPSA) is 142 Å². The van der Waals surface area contributed by atoms with Gasteiger partial charge in [0.2, 0.25) is 0 Å². The van der Waals surface area contributed by atoms with Crippen molar-refractivity contribution in [1.29, 1.82) is 0 Å². The number of H-pyrrole nitrogens is 1. The number of carbonyl (C=O) groups excluding carboxylic acids is 2. The molecule has 3 aromatic rings. The Bertz CT molecular complexity index is 1010. The second-order valence-electron chi connectivity index (χ2n) is 6.13. The third-order valence-corrected chi connectivity index (χ3v) is 4.05. The summed E-state index contributed by atoms with van der Waals surface area (Å²) in [6.07, 6.45) is 0. The van der Waals surface area contributed by atoms with Crippen molar-refractivity contribution >= 4 is 29.2 Å². The molecule has 150 valence electrons. The fraction of sp³-hybridized carbons (Fsp3) is 0.150. The lowest BCUT2D eigenvalue weighted by Gasteiger charge is -2.08. The number of aromatic nitrogens is 2. The third-order valence-electron chi connectivity index (χ3n) is 4.05. The molecule has 0 unspecified atom stereocenters. The van der Waals surface area contributed by atoms with Gasteiger partial charge in [-0.05, 0) is 42.8 Å². The van der Waals surface area contributed by atoms with Crippen LogP contribution in [-0.4, -0.2) is 33.8 Å². The molecule has 0 saturated heterocycles. The summed E-state index contributed by atoms with van der Waals surface area (Å²) < 4.78 is 4.99. The average Bonchev–Trinajstić information content (AvgIpc) is 3.10. The Morgan fingerprint density at radius 3 is 2.66 bits per heavy atom. The normalized spacial score (nSPS) is 10.4. The fourth-order valence-corrected chi connectivity index (χ4v) is 2.68. The molecule has 0 aliphatic rings. The van der Waals surface area contributed by atoms with Crippen molar-refractivity contribution in [3.8, 4) is 5.75 Å². The Labute approximate surface area is 166 Å². The van der Waals surface area contributed by atoms with E-state index in [0.29, 0.717) is 23.6 Å². The van der Waals surface area contributed by atoms with Gasteiger partial charge in [-0.2, -0.15) is 5.10 Å². The maximum atomic E-state index is 12.0. The molecule has 2 aromatic carbocycles. The number of aromatic amines is 1. The molecule has 1 aromatic heterocycles. The van der Waals surface area contributed by atoms with Crippen molar-refractivity contribution in [1.82, 2.24) is 10.2 Å². The van der Waals surface area contributed by atoms with Crippen molar-refractivity contribution in [2.24, 2.45) is 5.73 Å². The van der Waals surface area contributed by atoms with Crippen LogP contribution in [0.1, 0.15) is 33.2 Å². The highest BCUT2D eigenvalue weighted by molar-refractivity contribution is 6.03. The van der Waals surface area contributed by atoms with Crippen LogP contribution >= 0.6 is 0 Å². The van der Waals surface area contributed by atoms with Gasteiger partial charge in [0.05, 0.1) is 12.2 Å². The van der Waals surface area contributed by atoms with Crippen LogP contribution in [0.15, 0.2) is 48.5 Å². The highest BCUT2D eigenvalue weighted by atomic mass is 16.5. The number of carbonyl (C=O) groups is 2. The highest BCUT2D eigenvalue weighted by Crippen LogP contribution is 2.25. The minimum Gasteiger partial charge on any atom is -0.508 e. The number of esters is 1. The number of hydrogen-bond donors (Lipinski definition) is 5. The van der Waals surface area contributed by atoms with E-state index in [1.165, 1.54) is 0 Å². The van der Waals surface area contributed by atoms with Crippen LogP contribution in [0.3, 0.4) is 0 Å². The summed E-state index contributed by atoms with van der Waals surface area (Å²) in [6, 6.07) is 13.3. The van der Waals surface area contributed by atoms with E-state index >= 15 is 0 Å². The molecular formula is C20H21N5O4. The molecule has 9 nitrogen and oxygen atoms in total. The van der Waals surface area contributed by atoms with Gasteiger partial charge in [-0.3, -0.25) is 9.89 Å². The van der Waals surface area contributed by atoms with Gasteiger partial charge in [0.25, 0.3) is 5.91 Å². The lowest BCUT2D eigenvalue weighted by Crippen LogP contribution is -2.15. The number of hydrogen-bond acceptors (Lipinski definition) is 7.